The van der Waals surface area contributed by atoms with Gasteiger partial charge in [0.05, 0.1) is 18.5 Å². The van der Waals surface area contributed by atoms with Crippen LogP contribution in [0.2, 0.25) is 0 Å². The molecule has 6 nitrogen and oxygen atoms in total. The summed E-state index contributed by atoms with van der Waals surface area (Å²) in [6.07, 6.45) is 6.35. The maximum atomic E-state index is 5.30. The number of rotatable bonds is 5. The molecule has 0 N–H and O–H groups in total. The topological polar surface area (TPSA) is 56.1 Å². The van der Waals surface area contributed by atoms with Crippen LogP contribution >= 0.6 is 0 Å². The van der Waals surface area contributed by atoms with E-state index in [9.17, 15) is 0 Å². The molecule has 6 heteroatoms. The smallest absolute Gasteiger partial charge is 0.136 e. The first-order valence-corrected chi connectivity index (χ1v) is 8.95. The number of hydrogen-bond donors (Lipinski definition) is 0. The third-order valence-electron chi connectivity index (χ3n) is 4.62. The van der Waals surface area contributed by atoms with Gasteiger partial charge in [0.25, 0.3) is 0 Å². The van der Waals surface area contributed by atoms with E-state index < -0.39 is 0 Å². The second-order valence-electron chi connectivity index (χ2n) is 8.05. The standard InChI is InChI=1S/C19H29N5O/c1-19(2,3)18-21-16(13-25-5)9-17(22-18)24-7-6-14(12-24)8-15-10-20-23(4)11-15/h9-11,14H,6-8,12-13H2,1-5H3. The van der Waals surface area contributed by atoms with Crippen LogP contribution in [0.3, 0.4) is 0 Å². The van der Waals surface area contributed by atoms with Crippen LogP contribution in [0, 0.1) is 5.92 Å². The molecule has 1 aliphatic heterocycles. The van der Waals surface area contributed by atoms with E-state index in [-0.39, 0.29) is 5.41 Å². The molecule has 0 bridgehead atoms. The van der Waals surface area contributed by atoms with E-state index in [1.54, 1.807) is 7.11 Å². The Kier molecular flexibility index (Phi) is 5.08. The van der Waals surface area contributed by atoms with Crippen LogP contribution < -0.4 is 4.90 Å². The van der Waals surface area contributed by atoms with Crippen LogP contribution in [-0.4, -0.2) is 39.9 Å². The zero-order valence-electron chi connectivity index (χ0n) is 16.0. The number of nitrogens with zero attached hydrogens (tertiary/aromatic N) is 5. The molecule has 25 heavy (non-hydrogen) atoms. The zero-order chi connectivity index (χ0) is 18.0. The molecule has 2 aromatic rings. The number of anilines is 1. The van der Waals surface area contributed by atoms with Crippen LogP contribution in [-0.2, 0) is 30.2 Å². The normalized spacial score (nSPS) is 18.1. The van der Waals surface area contributed by atoms with Gasteiger partial charge in [-0.25, -0.2) is 9.97 Å². The third-order valence-corrected chi connectivity index (χ3v) is 4.62. The van der Waals surface area contributed by atoms with Crippen molar-refractivity contribution in [2.24, 2.45) is 13.0 Å². The second-order valence-corrected chi connectivity index (χ2v) is 8.05. The number of ether oxygens (including phenoxy) is 1. The van der Waals surface area contributed by atoms with Gasteiger partial charge in [-0.3, -0.25) is 4.68 Å². The summed E-state index contributed by atoms with van der Waals surface area (Å²) in [6.45, 7) is 9.04. The Hall–Kier alpha value is -1.95. The molecule has 1 aliphatic rings. The zero-order valence-corrected chi connectivity index (χ0v) is 16.0. The summed E-state index contributed by atoms with van der Waals surface area (Å²) in [6, 6.07) is 2.07. The molecular weight excluding hydrogens is 314 g/mol. The predicted octanol–water partition coefficient (Wildman–Crippen LogP) is 2.72. The molecular formula is C19H29N5O. The highest BCUT2D eigenvalue weighted by Crippen LogP contribution is 2.28. The van der Waals surface area contributed by atoms with Gasteiger partial charge in [0, 0.05) is 44.9 Å². The van der Waals surface area contributed by atoms with Gasteiger partial charge in [0.1, 0.15) is 11.6 Å². The van der Waals surface area contributed by atoms with E-state index in [0.29, 0.717) is 12.5 Å². The Bertz CT molecular complexity index is 719. The van der Waals surface area contributed by atoms with Gasteiger partial charge in [-0.2, -0.15) is 5.10 Å². The maximum Gasteiger partial charge on any atom is 0.136 e. The van der Waals surface area contributed by atoms with Gasteiger partial charge in [-0.15, -0.1) is 0 Å². The van der Waals surface area contributed by atoms with Crippen molar-refractivity contribution in [2.45, 2.75) is 45.6 Å². The van der Waals surface area contributed by atoms with E-state index in [0.717, 1.165) is 36.8 Å². The van der Waals surface area contributed by atoms with E-state index in [1.165, 1.54) is 12.0 Å². The van der Waals surface area contributed by atoms with Gasteiger partial charge in [-0.1, -0.05) is 20.8 Å². The van der Waals surface area contributed by atoms with Gasteiger partial charge in [-0.05, 0) is 24.3 Å². The van der Waals surface area contributed by atoms with Gasteiger partial charge in [0.15, 0.2) is 0 Å². The minimum absolute atomic E-state index is 0.0761. The lowest BCUT2D eigenvalue weighted by Crippen LogP contribution is -2.25. The molecule has 0 amide bonds. The monoisotopic (exact) mass is 343 g/mol. The molecule has 3 rings (SSSR count). The van der Waals surface area contributed by atoms with Gasteiger partial charge >= 0.3 is 0 Å². The Morgan fingerprint density at radius 2 is 2.08 bits per heavy atom. The summed E-state index contributed by atoms with van der Waals surface area (Å²) in [5, 5.41) is 4.28. The fourth-order valence-electron chi connectivity index (χ4n) is 3.32. The van der Waals surface area contributed by atoms with Crippen LogP contribution in [0.15, 0.2) is 18.5 Å². The highest BCUT2D eigenvalue weighted by atomic mass is 16.5. The third kappa shape index (κ3) is 4.37. The molecule has 2 aromatic heterocycles. The van der Waals surface area contributed by atoms with E-state index in [4.69, 9.17) is 9.72 Å². The predicted molar refractivity (Wildman–Crippen MR) is 98.7 cm³/mol. The molecule has 0 aromatic carbocycles. The Labute approximate surface area is 150 Å². The first-order valence-electron chi connectivity index (χ1n) is 8.95. The van der Waals surface area contributed by atoms with Crippen molar-refractivity contribution in [1.82, 2.24) is 19.7 Å². The second kappa shape index (κ2) is 7.12. The Morgan fingerprint density at radius 1 is 1.28 bits per heavy atom. The Morgan fingerprint density at radius 3 is 2.72 bits per heavy atom. The largest absolute Gasteiger partial charge is 0.378 e. The van der Waals surface area contributed by atoms with Crippen LogP contribution in [0.1, 0.15) is 44.3 Å². The number of aromatic nitrogens is 4. The van der Waals surface area contributed by atoms with Crippen molar-refractivity contribution in [2.75, 3.05) is 25.1 Å². The fourth-order valence-corrected chi connectivity index (χ4v) is 3.32. The summed E-state index contributed by atoms with van der Waals surface area (Å²) in [7, 11) is 3.68. The molecule has 0 aliphatic carbocycles. The molecule has 1 saturated heterocycles. The van der Waals surface area contributed by atoms with Crippen LogP contribution in [0.25, 0.3) is 0 Å². The first kappa shape index (κ1) is 17.9. The summed E-state index contributed by atoms with van der Waals surface area (Å²) in [5.74, 6) is 2.55. The Balaban J connectivity index is 1.76. The SMILES string of the molecule is COCc1cc(N2CCC(Cc3cnn(C)c3)C2)nc(C(C)(C)C)n1. The lowest BCUT2D eigenvalue weighted by Gasteiger charge is -2.23. The van der Waals surface area contributed by atoms with Gasteiger partial charge < -0.3 is 9.64 Å². The van der Waals surface area contributed by atoms with Gasteiger partial charge in [0.2, 0.25) is 0 Å². The quantitative estimate of drug-likeness (QED) is 0.835. The first-order chi connectivity index (χ1) is 11.8. The van der Waals surface area contributed by atoms with Crippen molar-refractivity contribution in [3.8, 4) is 0 Å². The molecule has 3 heterocycles. The van der Waals surface area contributed by atoms with Crippen molar-refractivity contribution in [3.63, 3.8) is 0 Å². The van der Waals surface area contributed by atoms with E-state index in [2.05, 4.69) is 48.0 Å². The number of hydrogen-bond acceptors (Lipinski definition) is 5. The summed E-state index contributed by atoms with van der Waals surface area (Å²) in [5.41, 5.74) is 2.19. The highest BCUT2D eigenvalue weighted by molar-refractivity contribution is 5.42. The molecule has 1 fully saturated rings. The molecule has 0 spiro atoms. The van der Waals surface area contributed by atoms with Crippen molar-refractivity contribution >= 4 is 5.82 Å². The van der Waals surface area contributed by atoms with Crippen molar-refractivity contribution in [1.29, 1.82) is 0 Å². The highest BCUT2D eigenvalue weighted by Gasteiger charge is 2.26. The minimum Gasteiger partial charge on any atom is -0.378 e. The van der Waals surface area contributed by atoms with Crippen molar-refractivity contribution in [3.05, 3.63) is 35.5 Å². The average molecular weight is 343 g/mol. The molecule has 1 unspecified atom stereocenters. The number of aryl methyl sites for hydroxylation is 1. The number of methoxy groups -OCH3 is 1. The maximum absolute atomic E-state index is 5.30. The lowest BCUT2D eigenvalue weighted by molar-refractivity contribution is 0.181. The lowest BCUT2D eigenvalue weighted by atomic mass is 9.95. The van der Waals surface area contributed by atoms with Crippen LogP contribution in [0.4, 0.5) is 5.82 Å². The van der Waals surface area contributed by atoms with Crippen LogP contribution in [0.5, 0.6) is 0 Å². The molecule has 0 saturated carbocycles. The summed E-state index contributed by atoms with van der Waals surface area (Å²) < 4.78 is 7.17. The average Bonchev–Trinajstić information content (AvgIpc) is 3.16. The minimum atomic E-state index is -0.0761. The molecule has 0 radical (unpaired) electrons. The van der Waals surface area contributed by atoms with Crippen molar-refractivity contribution < 1.29 is 4.74 Å². The summed E-state index contributed by atoms with van der Waals surface area (Å²) in [4.78, 5) is 11.9. The fraction of sp³-hybridized carbons (Fsp3) is 0.632. The van der Waals surface area contributed by atoms with E-state index in [1.807, 2.05) is 17.9 Å². The van der Waals surface area contributed by atoms with E-state index >= 15 is 0 Å². The summed E-state index contributed by atoms with van der Waals surface area (Å²) >= 11 is 0. The molecule has 1 atom stereocenters. The molecule has 136 valence electrons.